The maximum absolute atomic E-state index is 6.03. The molecule has 0 bridgehead atoms. The first-order chi connectivity index (χ1) is 9.13. The smallest absolute Gasteiger partial charge is 0.180 e. The standard InChI is InChI=1S/C16H16N2O/c1-11-8-15(16-17-13(3)10-18(16)9-11)19-14-7-5-4-6-12(14)2/h4-10H,1-3H3. The number of hydrogen-bond acceptors (Lipinski definition) is 2. The highest BCUT2D eigenvalue weighted by Gasteiger charge is 2.09. The lowest BCUT2D eigenvalue weighted by molar-refractivity contribution is 0.480. The molecule has 1 aromatic carbocycles. The van der Waals surface area contributed by atoms with Gasteiger partial charge in [0.25, 0.3) is 0 Å². The van der Waals surface area contributed by atoms with Crippen molar-refractivity contribution in [2.45, 2.75) is 20.8 Å². The first-order valence-electron chi connectivity index (χ1n) is 6.33. The van der Waals surface area contributed by atoms with E-state index in [4.69, 9.17) is 4.74 Å². The molecular formula is C16H16N2O. The van der Waals surface area contributed by atoms with Crippen molar-refractivity contribution in [3.05, 3.63) is 59.5 Å². The minimum atomic E-state index is 0.794. The number of imidazole rings is 1. The van der Waals surface area contributed by atoms with Gasteiger partial charge in [0.1, 0.15) is 5.75 Å². The van der Waals surface area contributed by atoms with Crippen LogP contribution in [0, 0.1) is 20.8 Å². The number of hydrogen-bond donors (Lipinski definition) is 0. The molecule has 0 unspecified atom stereocenters. The normalized spacial score (nSPS) is 10.9. The highest BCUT2D eigenvalue weighted by Crippen LogP contribution is 2.28. The van der Waals surface area contributed by atoms with Crippen molar-refractivity contribution in [3.63, 3.8) is 0 Å². The summed E-state index contributed by atoms with van der Waals surface area (Å²) in [7, 11) is 0. The highest BCUT2D eigenvalue weighted by atomic mass is 16.5. The first kappa shape index (κ1) is 11.8. The van der Waals surface area contributed by atoms with Crippen molar-refractivity contribution in [1.29, 1.82) is 0 Å². The van der Waals surface area contributed by atoms with E-state index >= 15 is 0 Å². The Labute approximate surface area is 112 Å². The molecule has 0 amide bonds. The van der Waals surface area contributed by atoms with Gasteiger partial charge in [0, 0.05) is 12.4 Å². The lowest BCUT2D eigenvalue weighted by Gasteiger charge is -2.10. The molecule has 0 aliphatic heterocycles. The van der Waals surface area contributed by atoms with Gasteiger partial charge in [-0.1, -0.05) is 18.2 Å². The number of fused-ring (bicyclic) bond motifs is 1. The molecule has 3 nitrogen and oxygen atoms in total. The Morgan fingerprint density at radius 3 is 2.58 bits per heavy atom. The van der Waals surface area contributed by atoms with Gasteiger partial charge in [-0.25, -0.2) is 4.98 Å². The lowest BCUT2D eigenvalue weighted by atomic mass is 10.2. The molecule has 2 aromatic heterocycles. The second-order valence-electron chi connectivity index (χ2n) is 4.86. The van der Waals surface area contributed by atoms with Crippen LogP contribution in [0.4, 0.5) is 0 Å². The summed E-state index contributed by atoms with van der Waals surface area (Å²) < 4.78 is 8.05. The fourth-order valence-corrected chi connectivity index (χ4v) is 2.19. The second kappa shape index (κ2) is 4.43. The van der Waals surface area contributed by atoms with E-state index in [-0.39, 0.29) is 0 Å². The van der Waals surface area contributed by atoms with Crippen molar-refractivity contribution in [2.24, 2.45) is 0 Å². The van der Waals surface area contributed by atoms with E-state index in [2.05, 4.69) is 18.1 Å². The predicted molar refractivity (Wildman–Crippen MR) is 75.9 cm³/mol. The van der Waals surface area contributed by atoms with Crippen LogP contribution < -0.4 is 4.74 Å². The molecule has 0 fully saturated rings. The van der Waals surface area contributed by atoms with Gasteiger partial charge in [-0.05, 0) is 44.0 Å². The fraction of sp³-hybridized carbons (Fsp3) is 0.188. The Hall–Kier alpha value is -2.29. The molecule has 2 heterocycles. The van der Waals surface area contributed by atoms with E-state index in [1.54, 1.807) is 0 Å². The van der Waals surface area contributed by atoms with Crippen LogP contribution in [0.3, 0.4) is 0 Å². The summed E-state index contributed by atoms with van der Waals surface area (Å²) in [5, 5.41) is 0. The maximum atomic E-state index is 6.03. The molecule has 0 atom stereocenters. The van der Waals surface area contributed by atoms with Crippen LogP contribution in [0.5, 0.6) is 11.5 Å². The lowest BCUT2D eigenvalue weighted by Crippen LogP contribution is -1.93. The van der Waals surface area contributed by atoms with Crippen molar-refractivity contribution < 1.29 is 4.74 Å². The molecule has 96 valence electrons. The van der Waals surface area contributed by atoms with E-state index in [0.29, 0.717) is 0 Å². The van der Waals surface area contributed by atoms with Gasteiger partial charge in [-0.3, -0.25) is 0 Å². The minimum absolute atomic E-state index is 0.794. The molecule has 3 aromatic rings. The van der Waals surface area contributed by atoms with Crippen LogP contribution in [0.2, 0.25) is 0 Å². The topological polar surface area (TPSA) is 26.5 Å². The fourth-order valence-electron chi connectivity index (χ4n) is 2.19. The highest BCUT2D eigenvalue weighted by molar-refractivity contribution is 5.57. The van der Waals surface area contributed by atoms with Crippen molar-refractivity contribution in [3.8, 4) is 11.5 Å². The zero-order chi connectivity index (χ0) is 13.4. The van der Waals surface area contributed by atoms with Gasteiger partial charge in [0.2, 0.25) is 0 Å². The predicted octanol–water partition coefficient (Wildman–Crippen LogP) is 4.05. The Morgan fingerprint density at radius 2 is 1.79 bits per heavy atom. The summed E-state index contributed by atoms with van der Waals surface area (Å²) in [6.07, 6.45) is 4.06. The van der Waals surface area contributed by atoms with Gasteiger partial charge in [0.15, 0.2) is 11.4 Å². The number of aryl methyl sites for hydroxylation is 3. The molecule has 19 heavy (non-hydrogen) atoms. The molecule has 3 rings (SSSR count). The summed E-state index contributed by atoms with van der Waals surface area (Å²) in [5.74, 6) is 1.66. The molecule has 3 heteroatoms. The maximum Gasteiger partial charge on any atom is 0.180 e. The minimum Gasteiger partial charge on any atom is -0.453 e. The number of para-hydroxylation sites is 1. The monoisotopic (exact) mass is 252 g/mol. The molecule has 0 spiro atoms. The Morgan fingerprint density at radius 1 is 1.00 bits per heavy atom. The van der Waals surface area contributed by atoms with Crippen molar-refractivity contribution >= 4 is 5.65 Å². The van der Waals surface area contributed by atoms with Crippen LogP contribution in [0.1, 0.15) is 16.8 Å². The molecule has 0 saturated heterocycles. The van der Waals surface area contributed by atoms with Crippen LogP contribution in [-0.2, 0) is 0 Å². The van der Waals surface area contributed by atoms with Crippen LogP contribution in [0.15, 0.2) is 42.7 Å². The zero-order valence-electron chi connectivity index (χ0n) is 11.3. The van der Waals surface area contributed by atoms with Crippen LogP contribution in [0.25, 0.3) is 5.65 Å². The summed E-state index contributed by atoms with van der Waals surface area (Å²) in [4.78, 5) is 4.52. The third-order valence-corrected chi connectivity index (χ3v) is 3.09. The molecule has 0 saturated carbocycles. The van der Waals surface area contributed by atoms with Gasteiger partial charge in [0.05, 0.1) is 5.69 Å². The van der Waals surface area contributed by atoms with Crippen LogP contribution in [-0.4, -0.2) is 9.38 Å². The van der Waals surface area contributed by atoms with E-state index in [1.807, 2.05) is 54.8 Å². The summed E-state index contributed by atoms with van der Waals surface area (Å²) in [6.45, 7) is 6.08. The van der Waals surface area contributed by atoms with Gasteiger partial charge in [-0.2, -0.15) is 0 Å². The summed E-state index contributed by atoms with van der Waals surface area (Å²) in [5.41, 5.74) is 4.10. The van der Waals surface area contributed by atoms with Gasteiger partial charge >= 0.3 is 0 Å². The third kappa shape index (κ3) is 2.19. The Kier molecular flexibility index (Phi) is 2.75. The summed E-state index contributed by atoms with van der Waals surface area (Å²) >= 11 is 0. The molecule has 0 N–H and O–H groups in total. The number of benzene rings is 1. The van der Waals surface area contributed by atoms with E-state index in [0.717, 1.165) is 34.0 Å². The molecule has 0 aliphatic carbocycles. The zero-order valence-corrected chi connectivity index (χ0v) is 11.3. The molecule has 0 radical (unpaired) electrons. The number of aromatic nitrogens is 2. The Bertz CT molecular complexity index is 744. The SMILES string of the molecule is Cc1cc(Oc2ccccc2C)c2nc(C)cn2c1. The summed E-state index contributed by atoms with van der Waals surface area (Å²) in [6, 6.07) is 10.0. The molecular weight excluding hydrogens is 236 g/mol. The number of nitrogens with zero attached hydrogens (tertiary/aromatic N) is 2. The number of rotatable bonds is 2. The average molecular weight is 252 g/mol. The van der Waals surface area contributed by atoms with E-state index < -0.39 is 0 Å². The third-order valence-electron chi connectivity index (χ3n) is 3.09. The molecule has 0 aliphatic rings. The second-order valence-corrected chi connectivity index (χ2v) is 4.86. The number of pyridine rings is 1. The Balaban J connectivity index is 2.12. The number of ether oxygens (including phenoxy) is 1. The largest absolute Gasteiger partial charge is 0.453 e. The van der Waals surface area contributed by atoms with Crippen molar-refractivity contribution in [1.82, 2.24) is 9.38 Å². The van der Waals surface area contributed by atoms with Crippen molar-refractivity contribution in [2.75, 3.05) is 0 Å². The van der Waals surface area contributed by atoms with Gasteiger partial charge < -0.3 is 9.14 Å². The van der Waals surface area contributed by atoms with E-state index in [9.17, 15) is 0 Å². The quantitative estimate of drug-likeness (QED) is 0.687. The van der Waals surface area contributed by atoms with Crippen LogP contribution >= 0.6 is 0 Å². The average Bonchev–Trinajstić information content (AvgIpc) is 2.72. The first-order valence-corrected chi connectivity index (χ1v) is 6.33. The van der Waals surface area contributed by atoms with Gasteiger partial charge in [-0.15, -0.1) is 0 Å². The van der Waals surface area contributed by atoms with E-state index in [1.165, 1.54) is 0 Å².